The minimum Gasteiger partial charge on any atom is -0.488 e. The third-order valence-electron chi connectivity index (χ3n) is 22.2. The number of halogens is 22. The van der Waals surface area contributed by atoms with Crippen LogP contribution in [0.2, 0.25) is 5.02 Å². The maximum atomic E-state index is 14.1. The Balaban J connectivity index is 0.000000242. The second-order valence-corrected chi connectivity index (χ2v) is 35.7. The number of likely N-dealkylation sites (N-methyl/N-ethyl adjacent to an activating group) is 6. The summed E-state index contributed by atoms with van der Waals surface area (Å²) in [6.45, 7) is 10.6. The maximum absolute atomic E-state index is 14.1. The second kappa shape index (κ2) is 56.2. The van der Waals surface area contributed by atoms with Gasteiger partial charge in [0.2, 0.25) is 35.4 Å². The number of alkyl halides is 18. The Bertz CT molecular complexity index is 5860. The first-order valence-electron chi connectivity index (χ1n) is 45.2. The zero-order valence-corrected chi connectivity index (χ0v) is 87.1. The SMILES string of the molecule is CNC(=O)Cc1cccc(Br)c1COc1ccc(C)cc1C(F)(F)F.CNC(=O)Cc1cccc(C)c1COc1ccc(C)cc1C(F)(F)F.CNC(=O)Cc1cccc(Cl)c1COc1ccc(C)cc1C(F)(F)F.CNC(=O)Cc1cccc(F)c1COc1ccc(C)cc1C(F)(F)F.CNC(=O)Cc1cccc(I)c1COc1ccc(C)cc1C(F)(F)F.CNC(=O)Cc1ccccc1COc1ccc(C)cc1C(F)(F)F. The Morgan fingerprint density at radius 2 is 0.497 bits per heavy atom. The molecule has 18 nitrogen and oxygen atoms in total. The summed E-state index contributed by atoms with van der Waals surface area (Å²) < 4.78 is 285. The first-order valence-corrected chi connectivity index (χ1v) is 47.4. The van der Waals surface area contributed by atoms with E-state index in [1.165, 1.54) is 110 Å². The lowest BCUT2D eigenvalue weighted by molar-refractivity contribution is -0.140. The molecule has 0 unspecified atom stereocenters. The summed E-state index contributed by atoms with van der Waals surface area (Å²) in [5.41, 5.74) is 5.97. The van der Waals surface area contributed by atoms with E-state index in [0.29, 0.717) is 81.8 Å². The van der Waals surface area contributed by atoms with Gasteiger partial charge in [-0.25, -0.2) is 4.39 Å². The molecule has 0 saturated carbocycles. The van der Waals surface area contributed by atoms with Gasteiger partial charge >= 0.3 is 37.1 Å². The number of hydrogen-bond donors (Lipinski definition) is 6. The van der Waals surface area contributed by atoms with Gasteiger partial charge in [-0.15, -0.1) is 0 Å². The lowest BCUT2D eigenvalue weighted by Crippen LogP contribution is -2.21. The molecule has 6 N–H and O–H groups in total. The third kappa shape index (κ3) is 38.5. The molecule has 0 bridgehead atoms. The molecule has 149 heavy (non-hydrogen) atoms. The molecule has 12 aromatic rings. The van der Waals surface area contributed by atoms with Gasteiger partial charge in [0.25, 0.3) is 0 Å². The van der Waals surface area contributed by atoms with Crippen molar-refractivity contribution in [1.29, 1.82) is 0 Å². The quantitative estimate of drug-likeness (QED) is 0.0182. The van der Waals surface area contributed by atoms with Crippen molar-refractivity contribution in [3.05, 3.63) is 382 Å². The molecule has 40 heteroatoms. The van der Waals surface area contributed by atoms with Crippen LogP contribution in [0, 0.1) is 57.9 Å². The molecule has 0 spiro atoms. The van der Waals surface area contributed by atoms with E-state index in [1.807, 2.05) is 25.1 Å². The fraction of sp³-hybridized carbons (Fsp3) is 0.284. The largest absolute Gasteiger partial charge is 0.488 e. The van der Waals surface area contributed by atoms with Crippen LogP contribution < -0.4 is 60.3 Å². The monoisotopic (exact) mass is 2290 g/mol. The lowest BCUT2D eigenvalue weighted by atomic mass is 10.00. The number of rotatable bonds is 30. The molecule has 12 rings (SSSR count). The Labute approximate surface area is 875 Å². The van der Waals surface area contributed by atoms with Crippen LogP contribution in [0.3, 0.4) is 0 Å². The topological polar surface area (TPSA) is 230 Å². The number of carbonyl (C=O) groups excluding carboxylic acids is 6. The summed E-state index contributed by atoms with van der Waals surface area (Å²) >= 11 is 11.6. The summed E-state index contributed by atoms with van der Waals surface area (Å²) in [4.78, 5) is 69.6. The molecule has 798 valence electrons. The summed E-state index contributed by atoms with van der Waals surface area (Å²) in [6.07, 6.45) is -26.5. The molecule has 0 fully saturated rings. The molecule has 12 aromatic carbocycles. The number of nitrogens with one attached hydrogen (secondary N) is 6. The van der Waals surface area contributed by atoms with Crippen molar-refractivity contribution in [2.24, 2.45) is 0 Å². The molecule has 0 radical (unpaired) electrons. The highest BCUT2D eigenvalue weighted by molar-refractivity contribution is 14.1. The highest BCUT2D eigenvalue weighted by atomic mass is 127. The second-order valence-electron chi connectivity index (χ2n) is 33.3. The van der Waals surface area contributed by atoms with E-state index >= 15 is 0 Å². The Kier molecular flexibility index (Phi) is 46.1. The average molecular weight is 2300 g/mol. The molecule has 0 atom stereocenters. The van der Waals surface area contributed by atoms with Crippen LogP contribution >= 0.6 is 50.1 Å². The minimum atomic E-state index is -4.58. The van der Waals surface area contributed by atoms with Crippen LogP contribution in [0.4, 0.5) is 83.4 Å². The summed E-state index contributed by atoms with van der Waals surface area (Å²) in [5.74, 6) is -3.45. The molecule has 0 aliphatic carbocycles. The fourth-order valence-electron chi connectivity index (χ4n) is 14.1. The summed E-state index contributed by atoms with van der Waals surface area (Å²) in [6, 6.07) is 55.6. The van der Waals surface area contributed by atoms with E-state index in [0.717, 1.165) is 67.8 Å². The summed E-state index contributed by atoms with van der Waals surface area (Å²) in [5, 5.41) is 15.4. The predicted octanol–water partition coefficient (Wildman–Crippen LogP) is 25.8. The highest BCUT2D eigenvalue weighted by Gasteiger charge is 2.40. The van der Waals surface area contributed by atoms with E-state index in [4.69, 9.17) is 40.0 Å². The number of carbonyl (C=O) groups is 6. The van der Waals surface area contributed by atoms with Crippen LogP contribution in [0.15, 0.2) is 229 Å². The lowest BCUT2D eigenvalue weighted by Gasteiger charge is -2.17. The van der Waals surface area contributed by atoms with Gasteiger partial charge in [-0.1, -0.05) is 188 Å². The number of aryl methyl sites for hydroxylation is 7. The number of hydrogen-bond acceptors (Lipinski definition) is 12. The average Bonchev–Trinajstić information content (AvgIpc) is 0.810. The van der Waals surface area contributed by atoms with Crippen LogP contribution in [0.5, 0.6) is 34.5 Å². The van der Waals surface area contributed by atoms with Gasteiger partial charge < -0.3 is 60.3 Å². The maximum Gasteiger partial charge on any atom is 0.419 e. The Morgan fingerprint density at radius 1 is 0.268 bits per heavy atom. The van der Waals surface area contributed by atoms with Crippen molar-refractivity contribution in [3.8, 4) is 34.5 Å². The van der Waals surface area contributed by atoms with Crippen molar-refractivity contribution < 1.29 is 141 Å². The van der Waals surface area contributed by atoms with Gasteiger partial charge in [0.05, 0.1) is 71.9 Å². The van der Waals surface area contributed by atoms with Gasteiger partial charge in [0.15, 0.2) is 0 Å². The number of ether oxygens (including phenoxy) is 6. The minimum absolute atomic E-state index is 0.0366. The smallest absolute Gasteiger partial charge is 0.419 e. The van der Waals surface area contributed by atoms with E-state index in [-0.39, 0.29) is 147 Å². The van der Waals surface area contributed by atoms with Gasteiger partial charge in [0, 0.05) is 77.6 Å². The molecule has 0 saturated heterocycles. The molecule has 0 aromatic heterocycles. The zero-order chi connectivity index (χ0) is 111. The normalized spacial score (nSPS) is 11.3. The number of benzene rings is 12. The number of amides is 6. The van der Waals surface area contributed by atoms with Crippen molar-refractivity contribution in [3.63, 3.8) is 0 Å². The third-order valence-corrected chi connectivity index (χ3v) is 24.3. The molecule has 0 aliphatic heterocycles. The first kappa shape index (κ1) is 122. The molecule has 6 amide bonds. The molecule has 0 heterocycles. The first-order chi connectivity index (χ1) is 69.9. The molecular weight excluding hydrogens is 2190 g/mol. The zero-order valence-electron chi connectivity index (χ0n) is 82.6. The highest BCUT2D eigenvalue weighted by Crippen LogP contribution is 2.45. The standard InChI is InChI=1S/C19H20F3NO2.C18H17BrF3NO2.C18H17ClF3NO2.C18H17F4NO2.C18H17F3INO2.C18H18F3NO2/c1-12-7-8-17(16(9-12)19(20,21)22)25-11-15-13(2)5-4-6-14(15)10-18(24)23-3;3*1-11-6-7-16(14(8-11)18(20,21)22)25-10-13-12(9-17(24)23-2)4-3-5-15(13)19;1-11-6-7-16(14(8-11)18(19,20)21)25-10-13-12(9-17(24)23-2)4-3-5-15(13)22;1-12-7-8-16(15(9-12)18(19,20)21)24-11-14-6-4-3-5-13(14)10-17(23)22-2/h4-9H,10-11H2,1-3H3,(H,23,24);4*3-8H,9-10H2,1-2H3,(H,23,24);3-9H,10-11H2,1-2H3,(H,22,23). The van der Waals surface area contributed by atoms with Gasteiger partial charge in [-0.05, 0) is 218 Å². The van der Waals surface area contributed by atoms with Crippen molar-refractivity contribution in [1.82, 2.24) is 31.9 Å². The summed E-state index contributed by atoms with van der Waals surface area (Å²) in [7, 11) is 9.08. The Morgan fingerprint density at radius 3 is 0.819 bits per heavy atom. The van der Waals surface area contributed by atoms with E-state index in [1.54, 1.807) is 144 Å². The van der Waals surface area contributed by atoms with Gasteiger partial charge in [-0.3, -0.25) is 28.8 Å². The van der Waals surface area contributed by atoms with E-state index in [9.17, 15) is 112 Å². The van der Waals surface area contributed by atoms with Crippen LogP contribution in [-0.4, -0.2) is 77.7 Å². The van der Waals surface area contributed by atoms with Crippen LogP contribution in [0.1, 0.15) is 139 Å². The van der Waals surface area contributed by atoms with Crippen molar-refractivity contribution >= 4 is 85.6 Å². The van der Waals surface area contributed by atoms with Crippen LogP contribution in [-0.2, 0) is 144 Å². The van der Waals surface area contributed by atoms with Gasteiger partial charge in [0.1, 0.15) is 80.0 Å². The van der Waals surface area contributed by atoms with Crippen molar-refractivity contribution in [2.75, 3.05) is 42.3 Å². The van der Waals surface area contributed by atoms with E-state index in [2.05, 4.69) is 70.4 Å². The van der Waals surface area contributed by atoms with Crippen molar-refractivity contribution in [2.45, 2.75) is 164 Å². The predicted molar refractivity (Wildman–Crippen MR) is 538 cm³/mol. The van der Waals surface area contributed by atoms with Crippen LogP contribution in [0.25, 0.3) is 0 Å². The fourth-order valence-corrected chi connectivity index (χ4v) is 15.6. The van der Waals surface area contributed by atoms with E-state index < -0.39 is 82.9 Å². The Hall–Kier alpha value is -13.6. The molecule has 0 aliphatic rings. The molecular formula is C109H106BrClF19IN6O12. The van der Waals surface area contributed by atoms with Gasteiger partial charge in [-0.2, -0.15) is 79.0 Å².